The van der Waals surface area contributed by atoms with Gasteiger partial charge in [0.2, 0.25) is 10.0 Å². The number of aromatic nitrogens is 2. The van der Waals surface area contributed by atoms with Gasteiger partial charge in [-0.25, -0.2) is 17.4 Å². The van der Waals surface area contributed by atoms with Gasteiger partial charge in [0.1, 0.15) is 5.82 Å². The third-order valence-corrected chi connectivity index (χ3v) is 6.51. The third-order valence-electron chi connectivity index (χ3n) is 4.63. The molecule has 1 aromatic rings. The van der Waals surface area contributed by atoms with Crippen molar-refractivity contribution in [2.24, 2.45) is 5.92 Å². The quantitative estimate of drug-likeness (QED) is 0.815. The van der Waals surface area contributed by atoms with Gasteiger partial charge in [0.25, 0.3) is 0 Å². The van der Waals surface area contributed by atoms with Crippen molar-refractivity contribution in [2.75, 3.05) is 37.2 Å². The van der Waals surface area contributed by atoms with E-state index in [1.54, 1.807) is 11.2 Å². The van der Waals surface area contributed by atoms with E-state index in [2.05, 4.69) is 15.7 Å². The second kappa shape index (κ2) is 6.55. The largest absolute Gasteiger partial charge is 0.370 e. The topological polar surface area (TPSA) is 79.3 Å². The lowest BCUT2D eigenvalue weighted by molar-refractivity contribution is 0.274. The number of fused-ring (bicyclic) bond motifs is 1. The zero-order chi connectivity index (χ0) is 15.6. The van der Waals surface area contributed by atoms with Gasteiger partial charge in [0.15, 0.2) is 0 Å². The third kappa shape index (κ3) is 3.44. The number of hydrogen-bond acceptors (Lipinski definition) is 5. The summed E-state index contributed by atoms with van der Waals surface area (Å²) in [7, 11) is -3.02. The summed E-state index contributed by atoms with van der Waals surface area (Å²) in [5, 5.41) is 11.3. The molecule has 1 fully saturated rings. The van der Waals surface area contributed by atoms with Crippen molar-refractivity contribution in [1.82, 2.24) is 19.4 Å². The van der Waals surface area contributed by atoms with E-state index in [-0.39, 0.29) is 5.75 Å². The van der Waals surface area contributed by atoms with E-state index in [0.29, 0.717) is 25.0 Å². The second-order valence-electron chi connectivity index (χ2n) is 6.13. The Morgan fingerprint density at radius 2 is 2.18 bits per heavy atom. The standard InChI is InChI=1S/C14H25N5O2S/c1-2-22(20,21)18-7-4-13(5-8-18)15-9-12-10-16-14-3-6-17-19(14)11-12/h3,6,12-13,15-16H,2,4-5,7-11H2,1H3. The molecule has 2 aliphatic heterocycles. The first-order chi connectivity index (χ1) is 10.6. The van der Waals surface area contributed by atoms with Crippen molar-refractivity contribution in [1.29, 1.82) is 0 Å². The molecular weight excluding hydrogens is 302 g/mol. The van der Waals surface area contributed by atoms with Crippen LogP contribution < -0.4 is 10.6 Å². The second-order valence-corrected chi connectivity index (χ2v) is 8.39. The van der Waals surface area contributed by atoms with E-state index >= 15 is 0 Å². The van der Waals surface area contributed by atoms with Crippen molar-refractivity contribution < 1.29 is 8.42 Å². The van der Waals surface area contributed by atoms with Crippen LogP contribution in [0.3, 0.4) is 0 Å². The van der Waals surface area contributed by atoms with E-state index in [1.165, 1.54) is 0 Å². The summed E-state index contributed by atoms with van der Waals surface area (Å²) in [6, 6.07) is 2.41. The summed E-state index contributed by atoms with van der Waals surface area (Å²) in [6.07, 6.45) is 3.61. The molecule has 0 aliphatic carbocycles. The summed E-state index contributed by atoms with van der Waals surface area (Å²) in [5.74, 6) is 1.81. The monoisotopic (exact) mass is 327 g/mol. The van der Waals surface area contributed by atoms with Gasteiger partial charge in [-0.2, -0.15) is 5.10 Å². The van der Waals surface area contributed by atoms with Crippen LogP contribution in [-0.2, 0) is 16.6 Å². The van der Waals surface area contributed by atoms with Crippen LogP contribution in [0.4, 0.5) is 5.82 Å². The molecule has 0 radical (unpaired) electrons. The molecule has 1 atom stereocenters. The lowest BCUT2D eigenvalue weighted by Gasteiger charge is -2.33. The van der Waals surface area contributed by atoms with Gasteiger partial charge in [-0.1, -0.05) is 0 Å². The Bertz CT molecular complexity index is 592. The fourth-order valence-corrected chi connectivity index (χ4v) is 4.31. The molecule has 1 aromatic heterocycles. The number of piperidine rings is 1. The Kier molecular flexibility index (Phi) is 4.70. The average molecular weight is 327 g/mol. The molecule has 0 saturated carbocycles. The van der Waals surface area contributed by atoms with E-state index in [9.17, 15) is 8.42 Å². The fourth-order valence-electron chi connectivity index (χ4n) is 3.18. The van der Waals surface area contributed by atoms with Gasteiger partial charge in [0, 0.05) is 50.7 Å². The van der Waals surface area contributed by atoms with Crippen molar-refractivity contribution >= 4 is 15.8 Å². The summed E-state index contributed by atoms with van der Waals surface area (Å²) < 4.78 is 27.3. The number of sulfonamides is 1. The average Bonchev–Trinajstić information content (AvgIpc) is 3.01. The lowest BCUT2D eigenvalue weighted by Crippen LogP contribution is -2.47. The lowest BCUT2D eigenvalue weighted by atomic mass is 10.0. The minimum Gasteiger partial charge on any atom is -0.370 e. The Morgan fingerprint density at radius 3 is 2.91 bits per heavy atom. The summed E-state index contributed by atoms with van der Waals surface area (Å²) in [6.45, 7) is 5.82. The van der Waals surface area contributed by atoms with Gasteiger partial charge < -0.3 is 10.6 Å². The summed E-state index contributed by atoms with van der Waals surface area (Å²) in [4.78, 5) is 0. The Balaban J connectivity index is 1.43. The van der Waals surface area contributed by atoms with Crippen LogP contribution >= 0.6 is 0 Å². The molecule has 7 nitrogen and oxygen atoms in total. The number of hydrogen-bond donors (Lipinski definition) is 2. The smallest absolute Gasteiger partial charge is 0.213 e. The molecule has 3 rings (SSSR count). The Labute approximate surface area is 132 Å². The Hall–Kier alpha value is -1.12. The normalized spacial score (nSPS) is 24.0. The molecule has 0 spiro atoms. The molecule has 0 amide bonds. The molecule has 1 unspecified atom stereocenters. The van der Waals surface area contributed by atoms with E-state index in [4.69, 9.17) is 0 Å². The SMILES string of the molecule is CCS(=O)(=O)N1CCC(NCC2CNc3ccnn3C2)CC1. The molecule has 8 heteroatoms. The first kappa shape index (κ1) is 15.8. The molecule has 2 N–H and O–H groups in total. The Morgan fingerprint density at radius 1 is 1.41 bits per heavy atom. The molecular formula is C14H25N5O2S. The first-order valence-electron chi connectivity index (χ1n) is 8.05. The van der Waals surface area contributed by atoms with Crippen LogP contribution in [0.2, 0.25) is 0 Å². The highest BCUT2D eigenvalue weighted by molar-refractivity contribution is 7.89. The van der Waals surface area contributed by atoms with E-state index in [1.807, 2.05) is 16.9 Å². The van der Waals surface area contributed by atoms with Gasteiger partial charge in [-0.05, 0) is 19.8 Å². The molecule has 1 saturated heterocycles. The van der Waals surface area contributed by atoms with Crippen LogP contribution in [-0.4, -0.2) is 60.5 Å². The maximum absolute atomic E-state index is 11.8. The van der Waals surface area contributed by atoms with E-state index < -0.39 is 10.0 Å². The molecule has 22 heavy (non-hydrogen) atoms. The number of nitrogens with zero attached hydrogens (tertiary/aromatic N) is 3. The van der Waals surface area contributed by atoms with Crippen LogP contribution in [0.15, 0.2) is 12.3 Å². The van der Waals surface area contributed by atoms with Crippen molar-refractivity contribution in [2.45, 2.75) is 32.4 Å². The van der Waals surface area contributed by atoms with Crippen LogP contribution in [0.1, 0.15) is 19.8 Å². The first-order valence-corrected chi connectivity index (χ1v) is 9.66. The molecule has 0 bridgehead atoms. The minimum absolute atomic E-state index is 0.199. The number of anilines is 1. The zero-order valence-electron chi connectivity index (χ0n) is 13.0. The minimum atomic E-state index is -3.02. The highest BCUT2D eigenvalue weighted by atomic mass is 32.2. The predicted octanol–water partition coefficient (Wildman–Crippen LogP) is 0.329. The number of nitrogens with one attached hydrogen (secondary N) is 2. The van der Waals surface area contributed by atoms with Gasteiger partial charge in [0.05, 0.1) is 11.9 Å². The maximum atomic E-state index is 11.8. The highest BCUT2D eigenvalue weighted by Gasteiger charge is 2.27. The van der Waals surface area contributed by atoms with Crippen LogP contribution in [0.5, 0.6) is 0 Å². The van der Waals surface area contributed by atoms with E-state index in [0.717, 1.165) is 38.3 Å². The van der Waals surface area contributed by atoms with Crippen LogP contribution in [0.25, 0.3) is 0 Å². The van der Waals surface area contributed by atoms with Crippen LogP contribution in [0, 0.1) is 5.92 Å². The number of rotatable bonds is 5. The van der Waals surface area contributed by atoms with Gasteiger partial charge in [-0.15, -0.1) is 0 Å². The molecule has 124 valence electrons. The molecule has 0 aromatic carbocycles. The van der Waals surface area contributed by atoms with Crippen molar-refractivity contribution in [3.05, 3.63) is 12.3 Å². The summed E-state index contributed by atoms with van der Waals surface area (Å²) in [5.41, 5.74) is 0. The zero-order valence-corrected chi connectivity index (χ0v) is 13.8. The summed E-state index contributed by atoms with van der Waals surface area (Å²) >= 11 is 0. The highest BCUT2D eigenvalue weighted by Crippen LogP contribution is 2.18. The predicted molar refractivity (Wildman–Crippen MR) is 86.3 cm³/mol. The van der Waals surface area contributed by atoms with Gasteiger partial charge >= 0.3 is 0 Å². The fraction of sp³-hybridized carbons (Fsp3) is 0.786. The van der Waals surface area contributed by atoms with Crippen molar-refractivity contribution in [3.8, 4) is 0 Å². The maximum Gasteiger partial charge on any atom is 0.213 e. The molecule has 3 heterocycles. The van der Waals surface area contributed by atoms with Gasteiger partial charge in [-0.3, -0.25) is 0 Å². The molecule has 2 aliphatic rings. The van der Waals surface area contributed by atoms with Crippen molar-refractivity contribution in [3.63, 3.8) is 0 Å².